The second-order valence-electron chi connectivity index (χ2n) is 8.14. The van der Waals surface area contributed by atoms with Gasteiger partial charge in [-0.25, -0.2) is 9.67 Å². The minimum Gasteiger partial charge on any atom is -0.379 e. The first-order chi connectivity index (χ1) is 15.6. The van der Waals surface area contributed by atoms with Crippen molar-refractivity contribution < 1.29 is 9.53 Å². The van der Waals surface area contributed by atoms with Gasteiger partial charge in [0.1, 0.15) is 12.1 Å². The van der Waals surface area contributed by atoms with Crippen LogP contribution in [-0.4, -0.2) is 70.2 Å². The lowest BCUT2D eigenvalue weighted by Gasteiger charge is -2.29. The number of ether oxygens (including phenoxy) is 1. The van der Waals surface area contributed by atoms with Gasteiger partial charge >= 0.3 is 0 Å². The average Bonchev–Trinajstić information content (AvgIpc) is 3.39. The van der Waals surface area contributed by atoms with Crippen LogP contribution >= 0.6 is 11.3 Å². The van der Waals surface area contributed by atoms with Crippen molar-refractivity contribution in [3.05, 3.63) is 47.5 Å². The van der Waals surface area contributed by atoms with Gasteiger partial charge in [0, 0.05) is 26.2 Å². The minimum absolute atomic E-state index is 0.0404. The molecule has 32 heavy (non-hydrogen) atoms. The van der Waals surface area contributed by atoms with Crippen LogP contribution in [0.3, 0.4) is 0 Å². The normalized spacial score (nSPS) is 14.9. The van der Waals surface area contributed by atoms with Gasteiger partial charge in [-0.05, 0) is 49.2 Å². The van der Waals surface area contributed by atoms with Crippen molar-refractivity contribution in [2.24, 2.45) is 0 Å². The van der Waals surface area contributed by atoms with E-state index in [0.29, 0.717) is 6.54 Å². The molecule has 1 aliphatic rings. The van der Waals surface area contributed by atoms with Crippen molar-refractivity contribution in [2.45, 2.75) is 20.4 Å². The van der Waals surface area contributed by atoms with Crippen molar-refractivity contribution in [1.29, 1.82) is 0 Å². The van der Waals surface area contributed by atoms with Crippen LogP contribution in [0.1, 0.15) is 11.1 Å². The number of hydrogen-bond donors (Lipinski definition) is 0. The molecule has 0 atom stereocenters. The Morgan fingerprint density at radius 2 is 1.91 bits per heavy atom. The molecule has 0 bridgehead atoms. The van der Waals surface area contributed by atoms with Crippen molar-refractivity contribution >= 4 is 43.6 Å². The summed E-state index contributed by atoms with van der Waals surface area (Å²) in [4.78, 5) is 22.5. The number of nitrogens with zero attached hydrogens (tertiary/aromatic N) is 6. The van der Waals surface area contributed by atoms with Crippen molar-refractivity contribution in [2.75, 3.05) is 44.3 Å². The number of anilines is 1. The molecule has 0 unspecified atom stereocenters. The molecule has 2 aromatic carbocycles. The van der Waals surface area contributed by atoms with E-state index in [0.717, 1.165) is 59.2 Å². The number of morpholine rings is 1. The zero-order valence-corrected chi connectivity index (χ0v) is 19.1. The lowest BCUT2D eigenvalue weighted by atomic mass is 10.1. The van der Waals surface area contributed by atoms with E-state index in [4.69, 9.17) is 9.72 Å². The number of thiazole rings is 1. The molecular weight excluding hydrogens is 424 g/mol. The fourth-order valence-electron chi connectivity index (χ4n) is 3.92. The Balaban J connectivity index is 1.43. The van der Waals surface area contributed by atoms with Gasteiger partial charge in [-0.15, -0.1) is 5.10 Å². The van der Waals surface area contributed by atoms with Crippen LogP contribution in [0.15, 0.2) is 36.4 Å². The summed E-state index contributed by atoms with van der Waals surface area (Å²) in [6.45, 7) is 8.90. The summed E-state index contributed by atoms with van der Waals surface area (Å²) >= 11 is 1.56. The monoisotopic (exact) mass is 450 g/mol. The summed E-state index contributed by atoms with van der Waals surface area (Å²) in [7, 11) is 0. The molecule has 4 aromatic rings. The molecule has 0 saturated carbocycles. The third-order valence-corrected chi connectivity index (χ3v) is 7.01. The fourth-order valence-corrected chi connectivity index (χ4v) is 5.01. The van der Waals surface area contributed by atoms with Crippen LogP contribution in [-0.2, 0) is 16.1 Å². The van der Waals surface area contributed by atoms with Crippen LogP contribution in [0.2, 0.25) is 0 Å². The maximum Gasteiger partial charge on any atom is 0.250 e. The Labute approximate surface area is 190 Å². The van der Waals surface area contributed by atoms with Crippen LogP contribution < -0.4 is 4.90 Å². The number of rotatable bonds is 6. The predicted molar refractivity (Wildman–Crippen MR) is 126 cm³/mol. The summed E-state index contributed by atoms with van der Waals surface area (Å²) in [5.41, 5.74) is 5.00. The van der Waals surface area contributed by atoms with E-state index in [1.54, 1.807) is 20.9 Å². The maximum atomic E-state index is 13.5. The number of carbonyl (C=O) groups excluding carboxylic acids is 1. The number of aromatic nitrogens is 4. The van der Waals surface area contributed by atoms with E-state index < -0.39 is 0 Å². The van der Waals surface area contributed by atoms with Gasteiger partial charge in [-0.1, -0.05) is 28.7 Å². The van der Waals surface area contributed by atoms with Gasteiger partial charge in [-0.3, -0.25) is 14.6 Å². The average molecular weight is 451 g/mol. The molecule has 8 nitrogen and oxygen atoms in total. The number of carbonyl (C=O) groups is 1. The lowest BCUT2D eigenvalue weighted by Crippen LogP contribution is -2.44. The molecule has 1 saturated heterocycles. The molecule has 9 heteroatoms. The molecule has 5 rings (SSSR count). The van der Waals surface area contributed by atoms with Crippen molar-refractivity contribution in [3.63, 3.8) is 0 Å². The van der Waals surface area contributed by atoms with Gasteiger partial charge in [0.2, 0.25) is 0 Å². The number of hydrogen-bond acceptors (Lipinski definition) is 7. The molecule has 1 fully saturated rings. The Morgan fingerprint density at radius 1 is 1.12 bits per heavy atom. The highest BCUT2D eigenvalue weighted by Gasteiger charge is 2.23. The van der Waals surface area contributed by atoms with Crippen LogP contribution in [0.25, 0.3) is 21.3 Å². The predicted octanol–water partition coefficient (Wildman–Crippen LogP) is 3.02. The molecule has 2 aromatic heterocycles. The largest absolute Gasteiger partial charge is 0.379 e. The van der Waals surface area contributed by atoms with Gasteiger partial charge < -0.3 is 4.74 Å². The van der Waals surface area contributed by atoms with E-state index in [9.17, 15) is 4.79 Å². The number of aryl methyl sites for hydroxylation is 2. The van der Waals surface area contributed by atoms with Gasteiger partial charge in [0.25, 0.3) is 5.91 Å². The van der Waals surface area contributed by atoms with Crippen molar-refractivity contribution in [1.82, 2.24) is 24.9 Å². The van der Waals surface area contributed by atoms with Crippen LogP contribution in [0, 0.1) is 13.8 Å². The fraction of sp³-hybridized carbons (Fsp3) is 0.391. The summed E-state index contributed by atoms with van der Waals surface area (Å²) in [5, 5.41) is 9.12. The molecule has 0 spiro atoms. The smallest absolute Gasteiger partial charge is 0.250 e. The Bertz CT molecular complexity index is 1220. The molecule has 1 aliphatic heterocycles. The highest BCUT2D eigenvalue weighted by molar-refractivity contribution is 7.22. The zero-order valence-electron chi connectivity index (χ0n) is 18.3. The molecule has 3 heterocycles. The molecule has 0 radical (unpaired) electrons. The van der Waals surface area contributed by atoms with Crippen LogP contribution in [0.5, 0.6) is 0 Å². The first-order valence-electron chi connectivity index (χ1n) is 10.8. The highest BCUT2D eigenvalue weighted by atomic mass is 32.1. The summed E-state index contributed by atoms with van der Waals surface area (Å²) in [6, 6.07) is 11.9. The molecule has 166 valence electrons. The first-order valence-corrected chi connectivity index (χ1v) is 11.7. The topological polar surface area (TPSA) is 76.4 Å². The standard InChI is InChI=1S/C23H26N6O2S/c1-16-13-19-21(14-17(16)2)32-23(24-19)28(8-7-27-9-11-31-12-10-27)22(30)15-29-20-6-4-3-5-18(20)25-26-29/h3-6,13-14H,7-12,15H2,1-2H3. The number of para-hydroxylation sites is 1. The third-order valence-electron chi connectivity index (χ3n) is 5.97. The molecule has 1 amide bonds. The quantitative estimate of drug-likeness (QED) is 0.450. The Hall–Kier alpha value is -2.88. The number of amides is 1. The van der Waals surface area contributed by atoms with E-state index >= 15 is 0 Å². The van der Waals surface area contributed by atoms with E-state index in [1.165, 1.54) is 11.1 Å². The molecular formula is C23H26N6O2S. The Morgan fingerprint density at radius 3 is 2.75 bits per heavy atom. The van der Waals surface area contributed by atoms with Gasteiger partial charge in [0.15, 0.2) is 5.13 Å². The van der Waals surface area contributed by atoms with Gasteiger partial charge in [0.05, 0.1) is 28.9 Å². The number of benzene rings is 2. The SMILES string of the molecule is Cc1cc2nc(N(CCN3CCOCC3)C(=O)Cn3nnc4ccccc43)sc2cc1C. The molecule has 0 N–H and O–H groups in total. The van der Waals surface area contributed by atoms with E-state index in [1.807, 2.05) is 24.3 Å². The summed E-state index contributed by atoms with van der Waals surface area (Å²) < 4.78 is 8.22. The second-order valence-corrected chi connectivity index (χ2v) is 9.14. The van der Waals surface area contributed by atoms with E-state index in [2.05, 4.69) is 41.2 Å². The maximum absolute atomic E-state index is 13.5. The first kappa shape index (κ1) is 21.0. The molecule has 0 aliphatic carbocycles. The summed E-state index contributed by atoms with van der Waals surface area (Å²) in [6.07, 6.45) is 0. The Kier molecular flexibility index (Phi) is 5.86. The number of fused-ring (bicyclic) bond motifs is 2. The van der Waals surface area contributed by atoms with Crippen LogP contribution in [0.4, 0.5) is 5.13 Å². The second kappa shape index (κ2) is 8.93. The van der Waals surface area contributed by atoms with Gasteiger partial charge in [-0.2, -0.15) is 0 Å². The lowest BCUT2D eigenvalue weighted by molar-refractivity contribution is -0.119. The zero-order chi connectivity index (χ0) is 22.1. The van der Waals surface area contributed by atoms with E-state index in [-0.39, 0.29) is 12.5 Å². The third kappa shape index (κ3) is 4.23. The highest BCUT2D eigenvalue weighted by Crippen LogP contribution is 2.31. The van der Waals surface area contributed by atoms with Crippen molar-refractivity contribution in [3.8, 4) is 0 Å². The summed E-state index contributed by atoms with van der Waals surface area (Å²) in [5.74, 6) is -0.0404. The minimum atomic E-state index is -0.0404.